The van der Waals surface area contributed by atoms with Crippen molar-refractivity contribution < 1.29 is 28.1 Å². The molecule has 0 unspecified atom stereocenters. The van der Waals surface area contributed by atoms with Crippen LogP contribution in [-0.2, 0) is 9.47 Å². The molecule has 0 N–H and O–H groups in total. The van der Waals surface area contributed by atoms with E-state index < -0.39 is 18.1 Å². The average Bonchev–Trinajstić information content (AvgIpc) is 2.90. The summed E-state index contributed by atoms with van der Waals surface area (Å²) < 4.78 is 37.5. The molecule has 0 radical (unpaired) electrons. The Hall–Kier alpha value is -2.44. The van der Waals surface area contributed by atoms with Crippen LogP contribution in [0.3, 0.4) is 0 Å². The molecule has 36 heavy (non-hydrogen) atoms. The van der Waals surface area contributed by atoms with Crippen LogP contribution in [-0.4, -0.2) is 25.8 Å². The highest BCUT2D eigenvalue weighted by Crippen LogP contribution is 2.29. The van der Waals surface area contributed by atoms with Gasteiger partial charge in [0.2, 0.25) is 0 Å². The zero-order chi connectivity index (χ0) is 25.6. The molecule has 2 aromatic carbocycles. The molecule has 3 rings (SSSR count). The molecule has 1 heterocycles. The molecule has 0 spiro atoms. The Labute approximate surface area is 215 Å². The molecule has 0 atom stereocenters. The van der Waals surface area contributed by atoms with E-state index in [4.69, 9.17) is 18.9 Å². The number of rotatable bonds is 15. The van der Waals surface area contributed by atoms with Crippen molar-refractivity contribution in [1.82, 2.24) is 0 Å². The standard InChI is InChI=1S/C30H41FO5/c1-3-5-7-8-9-11-19-33-25-14-16-26(17-15-25)36-29(32)24-13-18-27(28(31)20-24)30-34-21-23(22-35-30)12-10-6-4-2/h13-18,20,23,30H,3-12,19,21-22H2,1-2H3. The number of ether oxygens (including phenoxy) is 4. The number of hydrogen-bond acceptors (Lipinski definition) is 5. The van der Waals surface area contributed by atoms with E-state index in [0.29, 0.717) is 37.1 Å². The van der Waals surface area contributed by atoms with Crippen molar-refractivity contribution in [2.24, 2.45) is 5.92 Å². The summed E-state index contributed by atoms with van der Waals surface area (Å²) in [6.07, 6.45) is 11.1. The normalized spacial score (nSPS) is 17.6. The molecule has 1 fully saturated rings. The maximum Gasteiger partial charge on any atom is 0.343 e. The van der Waals surface area contributed by atoms with E-state index in [9.17, 15) is 9.18 Å². The molecule has 0 aliphatic carbocycles. The van der Waals surface area contributed by atoms with Crippen LogP contribution in [0.1, 0.15) is 100 Å². The van der Waals surface area contributed by atoms with E-state index in [0.717, 1.165) is 25.0 Å². The summed E-state index contributed by atoms with van der Waals surface area (Å²) in [6.45, 7) is 6.16. The van der Waals surface area contributed by atoms with Gasteiger partial charge in [-0.15, -0.1) is 0 Å². The van der Waals surface area contributed by atoms with Crippen LogP contribution in [0.15, 0.2) is 42.5 Å². The van der Waals surface area contributed by atoms with Gasteiger partial charge in [-0.3, -0.25) is 0 Å². The molecule has 6 heteroatoms. The number of carbonyl (C=O) groups excluding carboxylic acids is 1. The lowest BCUT2D eigenvalue weighted by atomic mass is 10.0. The summed E-state index contributed by atoms with van der Waals surface area (Å²) in [6, 6.07) is 11.2. The first-order valence-corrected chi connectivity index (χ1v) is 13.6. The maximum atomic E-state index is 14.8. The summed E-state index contributed by atoms with van der Waals surface area (Å²) in [5, 5.41) is 0. The van der Waals surface area contributed by atoms with Gasteiger partial charge < -0.3 is 18.9 Å². The van der Waals surface area contributed by atoms with Crippen LogP contribution in [0.25, 0.3) is 0 Å². The molecule has 1 saturated heterocycles. The van der Waals surface area contributed by atoms with Crippen LogP contribution in [0.2, 0.25) is 0 Å². The third-order valence-corrected chi connectivity index (χ3v) is 6.47. The average molecular weight is 501 g/mol. The van der Waals surface area contributed by atoms with E-state index >= 15 is 0 Å². The first-order valence-electron chi connectivity index (χ1n) is 13.6. The molecule has 5 nitrogen and oxygen atoms in total. The Bertz CT molecular complexity index is 906. The van der Waals surface area contributed by atoms with Crippen LogP contribution >= 0.6 is 0 Å². The van der Waals surface area contributed by atoms with Gasteiger partial charge in [-0.05, 0) is 49.2 Å². The summed E-state index contributed by atoms with van der Waals surface area (Å²) in [5.41, 5.74) is 0.429. The predicted molar refractivity (Wildman–Crippen MR) is 139 cm³/mol. The first-order chi connectivity index (χ1) is 17.6. The SMILES string of the molecule is CCCCCCCCOc1ccc(OC(=O)c2ccc(C3OCC(CCCCC)CO3)c(F)c2)cc1. The third kappa shape index (κ3) is 9.21. The van der Waals surface area contributed by atoms with Crippen molar-refractivity contribution in [3.8, 4) is 11.5 Å². The van der Waals surface area contributed by atoms with Gasteiger partial charge in [0.1, 0.15) is 17.3 Å². The Morgan fingerprint density at radius 2 is 1.50 bits per heavy atom. The van der Waals surface area contributed by atoms with Crippen molar-refractivity contribution in [2.45, 2.75) is 84.3 Å². The minimum absolute atomic E-state index is 0.132. The fourth-order valence-electron chi connectivity index (χ4n) is 4.26. The highest BCUT2D eigenvalue weighted by Gasteiger charge is 2.26. The van der Waals surface area contributed by atoms with Crippen molar-refractivity contribution >= 4 is 5.97 Å². The Balaban J connectivity index is 1.43. The van der Waals surface area contributed by atoms with Gasteiger partial charge in [0.25, 0.3) is 0 Å². The highest BCUT2D eigenvalue weighted by atomic mass is 19.1. The zero-order valence-corrected chi connectivity index (χ0v) is 21.8. The Kier molecular flexibility index (Phi) is 12.2. The Morgan fingerprint density at radius 3 is 2.19 bits per heavy atom. The topological polar surface area (TPSA) is 54.0 Å². The summed E-state index contributed by atoms with van der Waals surface area (Å²) in [5.74, 6) is 0.292. The lowest BCUT2D eigenvalue weighted by Gasteiger charge is -2.29. The monoisotopic (exact) mass is 500 g/mol. The summed E-state index contributed by atoms with van der Waals surface area (Å²) >= 11 is 0. The van der Waals surface area contributed by atoms with E-state index in [2.05, 4.69) is 13.8 Å². The molecular weight excluding hydrogens is 459 g/mol. The molecule has 0 aromatic heterocycles. The first kappa shape index (κ1) is 28.1. The number of esters is 1. The molecule has 2 aromatic rings. The number of benzene rings is 2. The van der Waals surface area contributed by atoms with Gasteiger partial charge in [0.05, 0.1) is 25.4 Å². The quantitative estimate of drug-likeness (QED) is 0.141. The minimum atomic E-state index is -0.749. The lowest BCUT2D eigenvalue weighted by molar-refractivity contribution is -0.207. The van der Waals surface area contributed by atoms with E-state index in [1.807, 2.05) is 0 Å². The van der Waals surface area contributed by atoms with E-state index in [1.54, 1.807) is 30.3 Å². The van der Waals surface area contributed by atoms with Crippen LogP contribution in [0.5, 0.6) is 11.5 Å². The van der Waals surface area contributed by atoms with Gasteiger partial charge >= 0.3 is 5.97 Å². The largest absolute Gasteiger partial charge is 0.494 e. The van der Waals surface area contributed by atoms with Crippen molar-refractivity contribution in [3.63, 3.8) is 0 Å². The molecular formula is C30H41FO5. The molecule has 0 amide bonds. The van der Waals surface area contributed by atoms with Crippen molar-refractivity contribution in [1.29, 1.82) is 0 Å². The van der Waals surface area contributed by atoms with Crippen LogP contribution in [0, 0.1) is 11.7 Å². The van der Waals surface area contributed by atoms with Gasteiger partial charge in [0, 0.05) is 11.5 Å². The smallest absolute Gasteiger partial charge is 0.343 e. The molecule has 0 saturated carbocycles. The predicted octanol–water partition coefficient (Wildman–Crippen LogP) is 8.03. The summed E-state index contributed by atoms with van der Waals surface area (Å²) in [7, 11) is 0. The second-order valence-corrected chi connectivity index (χ2v) is 9.57. The van der Waals surface area contributed by atoms with Gasteiger partial charge in [-0.2, -0.15) is 0 Å². The van der Waals surface area contributed by atoms with Gasteiger partial charge in [0.15, 0.2) is 6.29 Å². The van der Waals surface area contributed by atoms with E-state index in [1.165, 1.54) is 57.1 Å². The number of carbonyl (C=O) groups is 1. The molecule has 0 bridgehead atoms. The lowest BCUT2D eigenvalue weighted by Crippen LogP contribution is -2.27. The second kappa shape index (κ2) is 15.6. The summed E-state index contributed by atoms with van der Waals surface area (Å²) in [4.78, 5) is 12.5. The van der Waals surface area contributed by atoms with Crippen molar-refractivity contribution in [2.75, 3.05) is 19.8 Å². The zero-order valence-electron chi connectivity index (χ0n) is 21.8. The third-order valence-electron chi connectivity index (χ3n) is 6.47. The van der Waals surface area contributed by atoms with Crippen molar-refractivity contribution in [3.05, 3.63) is 59.4 Å². The fraction of sp³-hybridized carbons (Fsp3) is 0.567. The molecule has 1 aliphatic heterocycles. The van der Waals surface area contributed by atoms with E-state index in [-0.39, 0.29) is 5.56 Å². The van der Waals surface area contributed by atoms with Crippen LogP contribution in [0.4, 0.5) is 4.39 Å². The number of hydrogen-bond donors (Lipinski definition) is 0. The number of unbranched alkanes of at least 4 members (excludes halogenated alkanes) is 7. The fourth-order valence-corrected chi connectivity index (χ4v) is 4.26. The van der Waals surface area contributed by atoms with Crippen LogP contribution < -0.4 is 9.47 Å². The van der Waals surface area contributed by atoms with Gasteiger partial charge in [-0.25, -0.2) is 9.18 Å². The maximum absolute atomic E-state index is 14.8. The molecule has 1 aliphatic rings. The Morgan fingerprint density at radius 1 is 0.861 bits per heavy atom. The molecule has 198 valence electrons. The second-order valence-electron chi connectivity index (χ2n) is 9.57. The highest BCUT2D eigenvalue weighted by molar-refractivity contribution is 5.91. The number of halogens is 1. The minimum Gasteiger partial charge on any atom is -0.494 e. The van der Waals surface area contributed by atoms with Gasteiger partial charge in [-0.1, -0.05) is 71.3 Å².